The molecular weight excluding hydrogens is 124 g/mol. The van der Waals surface area contributed by atoms with E-state index in [0.717, 1.165) is 6.04 Å². The Morgan fingerprint density at radius 1 is 1.40 bits per heavy atom. The normalized spacial score (nSPS) is 30.9. The molecule has 0 spiro atoms. The quantitative estimate of drug-likeness (QED) is 0.530. The summed E-state index contributed by atoms with van der Waals surface area (Å²) in [7, 11) is 2.20. The molecule has 0 unspecified atom stereocenters. The van der Waals surface area contributed by atoms with E-state index in [9.17, 15) is 0 Å². The van der Waals surface area contributed by atoms with E-state index in [0.29, 0.717) is 0 Å². The van der Waals surface area contributed by atoms with Gasteiger partial charge in [0.1, 0.15) is 0 Å². The molecule has 0 aromatic rings. The van der Waals surface area contributed by atoms with Crippen LogP contribution in [-0.4, -0.2) is 49.1 Å². The van der Waals surface area contributed by atoms with Crippen LogP contribution in [0, 0.1) is 0 Å². The summed E-state index contributed by atoms with van der Waals surface area (Å²) in [4.78, 5) is 4.93. The van der Waals surface area contributed by atoms with Crippen LogP contribution in [0.1, 0.15) is 13.8 Å². The van der Waals surface area contributed by atoms with Gasteiger partial charge in [-0.05, 0) is 20.5 Å². The lowest BCUT2D eigenvalue weighted by molar-refractivity contribution is 0.106. The standard InChI is InChI=1S/C8H18N2/c1-4-10-6-5-9(3)7-8(10)2/h8H,4-7H2,1-3H3/t8-/m1/s1. The lowest BCUT2D eigenvalue weighted by Crippen LogP contribution is -2.50. The average Bonchev–Trinajstić information content (AvgIpc) is 1.88. The van der Waals surface area contributed by atoms with E-state index >= 15 is 0 Å². The van der Waals surface area contributed by atoms with Crippen molar-refractivity contribution in [3.05, 3.63) is 0 Å². The zero-order valence-corrected chi connectivity index (χ0v) is 7.30. The molecule has 0 aromatic carbocycles. The van der Waals surface area contributed by atoms with Crippen LogP contribution in [0.25, 0.3) is 0 Å². The highest BCUT2D eigenvalue weighted by Crippen LogP contribution is 2.05. The summed E-state index contributed by atoms with van der Waals surface area (Å²) in [6, 6.07) is 0.753. The summed E-state index contributed by atoms with van der Waals surface area (Å²) in [6.07, 6.45) is 0. The van der Waals surface area contributed by atoms with Gasteiger partial charge in [-0.1, -0.05) is 6.92 Å². The third-order valence-electron chi connectivity index (χ3n) is 2.37. The van der Waals surface area contributed by atoms with Crippen molar-refractivity contribution in [2.75, 3.05) is 33.2 Å². The Morgan fingerprint density at radius 2 is 2.10 bits per heavy atom. The van der Waals surface area contributed by atoms with Gasteiger partial charge in [0.15, 0.2) is 0 Å². The van der Waals surface area contributed by atoms with Crippen LogP contribution in [0.4, 0.5) is 0 Å². The second kappa shape index (κ2) is 3.35. The lowest BCUT2D eigenvalue weighted by Gasteiger charge is -2.37. The first kappa shape index (κ1) is 8.02. The number of hydrogen-bond acceptors (Lipinski definition) is 2. The molecule has 0 amide bonds. The molecular formula is C8H18N2. The Kier molecular flexibility index (Phi) is 2.69. The third kappa shape index (κ3) is 1.70. The molecule has 10 heavy (non-hydrogen) atoms. The summed E-state index contributed by atoms with van der Waals surface area (Å²) in [5.41, 5.74) is 0. The number of likely N-dealkylation sites (N-methyl/N-ethyl adjacent to an activating group) is 2. The highest BCUT2D eigenvalue weighted by Gasteiger charge is 2.18. The predicted octanol–water partition coefficient (Wildman–Crippen LogP) is 0.642. The summed E-state index contributed by atoms with van der Waals surface area (Å²) in [5, 5.41) is 0. The van der Waals surface area contributed by atoms with Gasteiger partial charge in [-0.25, -0.2) is 0 Å². The molecule has 1 aliphatic rings. The van der Waals surface area contributed by atoms with Crippen LogP contribution in [0.2, 0.25) is 0 Å². The number of nitrogens with zero attached hydrogens (tertiary/aromatic N) is 2. The van der Waals surface area contributed by atoms with Crippen LogP contribution < -0.4 is 0 Å². The van der Waals surface area contributed by atoms with Crippen molar-refractivity contribution >= 4 is 0 Å². The molecule has 0 saturated carbocycles. The molecule has 0 aromatic heterocycles. The minimum atomic E-state index is 0.753. The van der Waals surface area contributed by atoms with Crippen molar-refractivity contribution in [1.82, 2.24) is 9.80 Å². The average molecular weight is 142 g/mol. The number of rotatable bonds is 1. The molecule has 2 nitrogen and oxygen atoms in total. The highest BCUT2D eigenvalue weighted by molar-refractivity contribution is 4.75. The van der Waals surface area contributed by atoms with E-state index in [1.54, 1.807) is 0 Å². The van der Waals surface area contributed by atoms with Gasteiger partial charge >= 0.3 is 0 Å². The molecule has 1 heterocycles. The molecule has 0 bridgehead atoms. The van der Waals surface area contributed by atoms with Crippen molar-refractivity contribution in [3.8, 4) is 0 Å². The maximum atomic E-state index is 2.53. The largest absolute Gasteiger partial charge is 0.304 e. The van der Waals surface area contributed by atoms with Crippen LogP contribution in [0.5, 0.6) is 0 Å². The topological polar surface area (TPSA) is 6.48 Å². The minimum absolute atomic E-state index is 0.753. The molecule has 1 aliphatic heterocycles. The van der Waals surface area contributed by atoms with Gasteiger partial charge in [-0.2, -0.15) is 0 Å². The first-order valence-corrected chi connectivity index (χ1v) is 4.16. The monoisotopic (exact) mass is 142 g/mol. The summed E-state index contributed by atoms with van der Waals surface area (Å²) < 4.78 is 0. The number of piperazine rings is 1. The minimum Gasteiger partial charge on any atom is -0.304 e. The van der Waals surface area contributed by atoms with Gasteiger partial charge in [0.05, 0.1) is 0 Å². The fourth-order valence-electron chi connectivity index (χ4n) is 1.65. The first-order valence-electron chi connectivity index (χ1n) is 4.16. The zero-order valence-electron chi connectivity index (χ0n) is 7.30. The van der Waals surface area contributed by atoms with Crippen LogP contribution in [0.3, 0.4) is 0 Å². The first-order chi connectivity index (χ1) is 4.74. The fraction of sp³-hybridized carbons (Fsp3) is 1.00. The van der Waals surface area contributed by atoms with Gasteiger partial charge in [-0.15, -0.1) is 0 Å². The Labute approximate surface area is 63.8 Å². The summed E-state index contributed by atoms with van der Waals surface area (Å²) in [6.45, 7) is 9.45. The zero-order chi connectivity index (χ0) is 7.56. The Balaban J connectivity index is 2.36. The summed E-state index contributed by atoms with van der Waals surface area (Å²) >= 11 is 0. The molecule has 1 atom stereocenters. The Bertz CT molecular complexity index is 103. The molecule has 60 valence electrons. The van der Waals surface area contributed by atoms with E-state index in [-0.39, 0.29) is 0 Å². The molecule has 1 saturated heterocycles. The molecule has 2 heteroatoms. The Hall–Kier alpha value is -0.0800. The van der Waals surface area contributed by atoms with E-state index in [2.05, 4.69) is 30.7 Å². The molecule has 1 fully saturated rings. The molecule has 0 N–H and O–H groups in total. The van der Waals surface area contributed by atoms with E-state index < -0.39 is 0 Å². The maximum absolute atomic E-state index is 2.53. The van der Waals surface area contributed by atoms with Crippen LogP contribution >= 0.6 is 0 Å². The molecule has 1 rings (SSSR count). The van der Waals surface area contributed by atoms with Gasteiger partial charge < -0.3 is 4.90 Å². The molecule has 0 radical (unpaired) electrons. The van der Waals surface area contributed by atoms with Gasteiger partial charge in [-0.3, -0.25) is 4.90 Å². The van der Waals surface area contributed by atoms with Crippen molar-refractivity contribution in [2.24, 2.45) is 0 Å². The Morgan fingerprint density at radius 3 is 2.60 bits per heavy atom. The van der Waals surface area contributed by atoms with Crippen molar-refractivity contribution in [1.29, 1.82) is 0 Å². The highest BCUT2D eigenvalue weighted by atomic mass is 15.3. The predicted molar refractivity (Wildman–Crippen MR) is 44.2 cm³/mol. The van der Waals surface area contributed by atoms with Gasteiger partial charge in [0.25, 0.3) is 0 Å². The SMILES string of the molecule is CCN1CCN(C)C[C@H]1C. The molecule has 0 aliphatic carbocycles. The second-order valence-electron chi connectivity index (χ2n) is 3.24. The third-order valence-corrected chi connectivity index (χ3v) is 2.37. The van der Waals surface area contributed by atoms with Crippen molar-refractivity contribution in [3.63, 3.8) is 0 Å². The smallest absolute Gasteiger partial charge is 0.0195 e. The van der Waals surface area contributed by atoms with Crippen LogP contribution in [-0.2, 0) is 0 Å². The van der Waals surface area contributed by atoms with E-state index in [1.807, 2.05) is 0 Å². The van der Waals surface area contributed by atoms with E-state index in [4.69, 9.17) is 0 Å². The maximum Gasteiger partial charge on any atom is 0.0195 e. The summed E-state index contributed by atoms with van der Waals surface area (Å²) in [5.74, 6) is 0. The van der Waals surface area contributed by atoms with Gasteiger partial charge in [0.2, 0.25) is 0 Å². The lowest BCUT2D eigenvalue weighted by atomic mass is 10.2. The van der Waals surface area contributed by atoms with Crippen molar-refractivity contribution < 1.29 is 0 Å². The van der Waals surface area contributed by atoms with E-state index in [1.165, 1.54) is 26.2 Å². The van der Waals surface area contributed by atoms with Gasteiger partial charge in [0, 0.05) is 25.7 Å². The second-order valence-corrected chi connectivity index (χ2v) is 3.24. The van der Waals surface area contributed by atoms with Crippen LogP contribution in [0.15, 0.2) is 0 Å². The van der Waals surface area contributed by atoms with Crippen molar-refractivity contribution in [2.45, 2.75) is 19.9 Å². The number of hydrogen-bond donors (Lipinski definition) is 0. The fourth-order valence-corrected chi connectivity index (χ4v) is 1.65.